The zero-order valence-electron chi connectivity index (χ0n) is 26.4. The summed E-state index contributed by atoms with van der Waals surface area (Å²) in [6.45, 7) is 4.64. The summed E-state index contributed by atoms with van der Waals surface area (Å²) in [5.41, 5.74) is 14.8. The molecule has 0 unspecified atom stereocenters. The lowest BCUT2D eigenvalue weighted by Crippen LogP contribution is -2.15. The first kappa shape index (κ1) is 27.5. The van der Waals surface area contributed by atoms with Crippen LogP contribution in [0.2, 0.25) is 0 Å². The Morgan fingerprint density at radius 3 is 1.57 bits per heavy atom. The molecule has 0 saturated carbocycles. The third-order valence-electron chi connectivity index (χ3n) is 9.87. The number of para-hydroxylation sites is 1. The molecule has 2 nitrogen and oxygen atoms in total. The largest absolute Gasteiger partial charge is 0.453 e. The van der Waals surface area contributed by atoms with Crippen molar-refractivity contribution in [2.45, 2.75) is 19.3 Å². The number of rotatable bonds is 5. The summed E-state index contributed by atoms with van der Waals surface area (Å²) in [4.78, 5) is 2.33. The molecule has 0 N–H and O–H groups in total. The van der Waals surface area contributed by atoms with E-state index in [1.54, 1.807) is 0 Å². The number of anilines is 3. The second-order valence-electron chi connectivity index (χ2n) is 13.0. The van der Waals surface area contributed by atoms with Crippen molar-refractivity contribution in [2.24, 2.45) is 0 Å². The SMILES string of the molecule is CC1(C)c2ccccc2-c2ccc3c(oc4c(N(c5ccc(-c6ccccc6)cc5)c5ccc(-c6ccccc6)cc5)cccc43)c21. The van der Waals surface area contributed by atoms with Gasteiger partial charge < -0.3 is 9.32 Å². The summed E-state index contributed by atoms with van der Waals surface area (Å²) >= 11 is 0. The van der Waals surface area contributed by atoms with E-state index in [4.69, 9.17) is 4.42 Å². The van der Waals surface area contributed by atoms with E-state index < -0.39 is 0 Å². The lowest BCUT2D eigenvalue weighted by atomic mass is 9.82. The molecule has 0 saturated heterocycles. The molecule has 0 bridgehead atoms. The molecular formula is C45H33NO. The van der Waals surface area contributed by atoms with Gasteiger partial charge in [0.05, 0.1) is 5.69 Å². The van der Waals surface area contributed by atoms with E-state index in [0.717, 1.165) is 39.0 Å². The van der Waals surface area contributed by atoms with Gasteiger partial charge >= 0.3 is 0 Å². The maximum absolute atomic E-state index is 7.06. The molecule has 0 aliphatic heterocycles. The van der Waals surface area contributed by atoms with Crippen LogP contribution in [0.15, 0.2) is 168 Å². The molecule has 224 valence electrons. The van der Waals surface area contributed by atoms with Gasteiger partial charge in [-0.05, 0) is 75.3 Å². The normalized spacial score (nSPS) is 13.1. The third kappa shape index (κ3) is 4.33. The van der Waals surface area contributed by atoms with E-state index in [1.165, 1.54) is 44.5 Å². The fourth-order valence-corrected chi connectivity index (χ4v) is 7.56. The van der Waals surface area contributed by atoms with Crippen molar-refractivity contribution in [1.82, 2.24) is 0 Å². The Hall–Kier alpha value is -5.86. The van der Waals surface area contributed by atoms with Crippen molar-refractivity contribution in [1.29, 1.82) is 0 Å². The zero-order valence-corrected chi connectivity index (χ0v) is 26.4. The maximum Gasteiger partial charge on any atom is 0.159 e. The fourth-order valence-electron chi connectivity index (χ4n) is 7.56. The van der Waals surface area contributed by atoms with Crippen LogP contribution in [0.1, 0.15) is 25.0 Å². The Labute approximate surface area is 275 Å². The molecule has 1 aliphatic carbocycles. The second kappa shape index (κ2) is 10.6. The van der Waals surface area contributed by atoms with Crippen molar-refractivity contribution in [3.05, 3.63) is 175 Å². The maximum atomic E-state index is 7.06. The zero-order chi connectivity index (χ0) is 31.5. The minimum absolute atomic E-state index is 0.167. The van der Waals surface area contributed by atoms with Crippen molar-refractivity contribution < 1.29 is 4.42 Å². The van der Waals surface area contributed by atoms with Crippen LogP contribution in [-0.2, 0) is 5.41 Å². The Bertz CT molecular complexity index is 2320. The molecule has 47 heavy (non-hydrogen) atoms. The Morgan fingerprint density at radius 1 is 0.426 bits per heavy atom. The number of benzene rings is 7. The molecule has 0 spiro atoms. The van der Waals surface area contributed by atoms with Gasteiger partial charge in [-0.25, -0.2) is 0 Å². The highest BCUT2D eigenvalue weighted by Crippen LogP contribution is 2.53. The van der Waals surface area contributed by atoms with Crippen LogP contribution in [0.3, 0.4) is 0 Å². The first-order chi connectivity index (χ1) is 23.1. The number of hydrogen-bond acceptors (Lipinski definition) is 2. The van der Waals surface area contributed by atoms with Crippen LogP contribution < -0.4 is 4.90 Å². The van der Waals surface area contributed by atoms with E-state index in [2.05, 4.69) is 183 Å². The van der Waals surface area contributed by atoms with Crippen molar-refractivity contribution in [3.63, 3.8) is 0 Å². The quantitative estimate of drug-likeness (QED) is 0.195. The highest BCUT2D eigenvalue weighted by atomic mass is 16.3. The lowest BCUT2D eigenvalue weighted by Gasteiger charge is -2.26. The molecule has 9 rings (SSSR count). The molecule has 7 aromatic carbocycles. The van der Waals surface area contributed by atoms with Crippen molar-refractivity contribution >= 4 is 39.0 Å². The van der Waals surface area contributed by atoms with E-state index in [0.29, 0.717) is 0 Å². The topological polar surface area (TPSA) is 16.4 Å². The summed E-state index contributed by atoms with van der Waals surface area (Å²) in [6.07, 6.45) is 0. The van der Waals surface area contributed by atoms with E-state index in [1.807, 2.05) is 0 Å². The molecule has 2 heteroatoms. The molecule has 0 fully saturated rings. The first-order valence-corrected chi connectivity index (χ1v) is 16.3. The summed E-state index contributed by atoms with van der Waals surface area (Å²) in [5, 5.41) is 2.28. The smallest absolute Gasteiger partial charge is 0.159 e. The van der Waals surface area contributed by atoms with Gasteiger partial charge in [0.1, 0.15) is 5.58 Å². The highest BCUT2D eigenvalue weighted by molar-refractivity contribution is 6.13. The van der Waals surface area contributed by atoms with Crippen LogP contribution in [0.25, 0.3) is 55.3 Å². The van der Waals surface area contributed by atoms with Gasteiger partial charge in [0, 0.05) is 33.1 Å². The molecule has 8 aromatic rings. The van der Waals surface area contributed by atoms with Gasteiger partial charge in [-0.1, -0.05) is 141 Å². The first-order valence-electron chi connectivity index (χ1n) is 16.3. The van der Waals surface area contributed by atoms with Crippen molar-refractivity contribution in [3.8, 4) is 33.4 Å². The van der Waals surface area contributed by atoms with Gasteiger partial charge in [-0.15, -0.1) is 0 Å². The molecule has 0 amide bonds. The molecule has 1 aliphatic rings. The molecular weight excluding hydrogens is 571 g/mol. The fraction of sp³-hybridized carbons (Fsp3) is 0.0667. The number of hydrogen-bond donors (Lipinski definition) is 0. The van der Waals surface area contributed by atoms with E-state index in [-0.39, 0.29) is 5.41 Å². The molecule has 0 atom stereocenters. The van der Waals surface area contributed by atoms with Gasteiger partial charge in [-0.3, -0.25) is 0 Å². The van der Waals surface area contributed by atoms with Crippen LogP contribution in [0.5, 0.6) is 0 Å². The monoisotopic (exact) mass is 603 g/mol. The van der Waals surface area contributed by atoms with E-state index in [9.17, 15) is 0 Å². The van der Waals surface area contributed by atoms with Crippen LogP contribution in [0.4, 0.5) is 17.1 Å². The molecule has 1 aromatic heterocycles. The average molecular weight is 604 g/mol. The molecule has 0 radical (unpaired) electrons. The van der Waals surface area contributed by atoms with Gasteiger partial charge in [0.2, 0.25) is 0 Å². The standard InChI is InChI=1S/C45H33NO/c1-45(2)40-18-10-9-16-36(40)37-28-29-39-38-17-11-19-41(43(38)47-44(39)42(37)45)46(34-24-20-32(21-25-34)30-12-5-3-6-13-30)35-26-22-33(23-27-35)31-14-7-4-8-15-31/h3-29H,1-2H3. The van der Waals surface area contributed by atoms with Crippen LogP contribution >= 0.6 is 0 Å². The Morgan fingerprint density at radius 2 is 0.957 bits per heavy atom. The van der Waals surface area contributed by atoms with Crippen LogP contribution in [0, 0.1) is 0 Å². The summed E-state index contributed by atoms with van der Waals surface area (Å²) < 4.78 is 7.06. The number of nitrogens with zero attached hydrogens (tertiary/aromatic N) is 1. The summed E-state index contributed by atoms with van der Waals surface area (Å²) in [5.74, 6) is 0. The highest BCUT2D eigenvalue weighted by Gasteiger charge is 2.38. The summed E-state index contributed by atoms with van der Waals surface area (Å²) in [7, 11) is 0. The lowest BCUT2D eigenvalue weighted by molar-refractivity contribution is 0.620. The van der Waals surface area contributed by atoms with Gasteiger partial charge in [-0.2, -0.15) is 0 Å². The minimum atomic E-state index is -0.167. The minimum Gasteiger partial charge on any atom is -0.453 e. The Kier molecular flexibility index (Phi) is 6.20. The summed E-state index contributed by atoms with van der Waals surface area (Å²) in [6, 6.07) is 58.6. The van der Waals surface area contributed by atoms with E-state index >= 15 is 0 Å². The molecule has 1 heterocycles. The second-order valence-corrected chi connectivity index (χ2v) is 13.0. The third-order valence-corrected chi connectivity index (χ3v) is 9.87. The van der Waals surface area contributed by atoms with Gasteiger partial charge in [0.25, 0.3) is 0 Å². The Balaban J connectivity index is 1.24. The predicted octanol–water partition coefficient (Wildman–Crippen LogP) is 12.7. The van der Waals surface area contributed by atoms with Gasteiger partial charge in [0.15, 0.2) is 5.58 Å². The number of fused-ring (bicyclic) bond motifs is 7. The van der Waals surface area contributed by atoms with Crippen molar-refractivity contribution in [2.75, 3.05) is 4.90 Å². The predicted molar refractivity (Wildman–Crippen MR) is 197 cm³/mol. The average Bonchev–Trinajstić information content (AvgIpc) is 3.62. The van der Waals surface area contributed by atoms with Crippen LogP contribution in [-0.4, -0.2) is 0 Å². The number of furan rings is 1.